The van der Waals surface area contributed by atoms with E-state index in [1.54, 1.807) is 7.11 Å². The Labute approximate surface area is 123 Å². The minimum Gasteiger partial charge on any atom is -0.496 e. The van der Waals surface area contributed by atoms with E-state index < -0.39 is 0 Å². The third kappa shape index (κ3) is 2.21. The number of fused-ring (bicyclic) bond motifs is 1. The molecule has 5 nitrogen and oxygen atoms in total. The van der Waals surface area contributed by atoms with Crippen LogP contribution in [0, 0.1) is 0 Å². The van der Waals surface area contributed by atoms with Crippen molar-refractivity contribution < 1.29 is 14.0 Å². The molecule has 21 heavy (non-hydrogen) atoms. The highest BCUT2D eigenvalue weighted by Gasteiger charge is 2.25. The van der Waals surface area contributed by atoms with Crippen LogP contribution in [0.5, 0.6) is 5.75 Å². The van der Waals surface area contributed by atoms with Gasteiger partial charge in [0, 0.05) is 12.5 Å². The Balaban J connectivity index is 1.72. The Morgan fingerprint density at radius 2 is 2.10 bits per heavy atom. The van der Waals surface area contributed by atoms with Gasteiger partial charge in [-0.15, -0.1) is 0 Å². The molecule has 0 spiro atoms. The van der Waals surface area contributed by atoms with Gasteiger partial charge < -0.3 is 14.0 Å². The van der Waals surface area contributed by atoms with Crippen LogP contribution in [0.2, 0.25) is 0 Å². The molecule has 4 rings (SSSR count). The number of hydrogen-bond acceptors (Lipinski definition) is 5. The number of rotatable bonds is 3. The van der Waals surface area contributed by atoms with Crippen LogP contribution in [0.25, 0.3) is 11.5 Å². The van der Waals surface area contributed by atoms with E-state index >= 15 is 0 Å². The first-order valence-electron chi connectivity index (χ1n) is 7.46. The van der Waals surface area contributed by atoms with E-state index in [1.165, 1.54) is 17.5 Å². The maximum atomic E-state index is 5.51. The molecule has 1 atom stereocenters. The fraction of sp³-hybridized carbons (Fsp3) is 0.500. The number of aromatic nitrogens is 2. The maximum absolute atomic E-state index is 5.51. The molecule has 2 aromatic rings. The highest BCUT2D eigenvalue weighted by molar-refractivity contribution is 5.66. The van der Waals surface area contributed by atoms with Gasteiger partial charge in [0.05, 0.1) is 19.3 Å². The molecule has 0 unspecified atom stereocenters. The summed E-state index contributed by atoms with van der Waals surface area (Å²) >= 11 is 0. The fourth-order valence-corrected chi connectivity index (χ4v) is 3.19. The first-order chi connectivity index (χ1) is 10.3. The minimum atomic E-state index is 0.253. The normalized spacial score (nSPS) is 20.7. The predicted molar refractivity (Wildman–Crippen MR) is 76.5 cm³/mol. The zero-order chi connectivity index (χ0) is 14.2. The van der Waals surface area contributed by atoms with E-state index in [9.17, 15) is 0 Å². The number of methoxy groups -OCH3 is 1. The summed E-state index contributed by atoms with van der Waals surface area (Å²) in [6, 6.07) is 4.25. The fourth-order valence-electron chi connectivity index (χ4n) is 3.19. The molecule has 1 saturated heterocycles. The number of hydrogen-bond donors (Lipinski definition) is 0. The quantitative estimate of drug-likeness (QED) is 0.868. The predicted octanol–water partition coefficient (Wildman–Crippen LogP) is 2.74. The lowest BCUT2D eigenvalue weighted by Crippen LogP contribution is -1.99. The molecule has 0 amide bonds. The van der Waals surface area contributed by atoms with Crippen molar-refractivity contribution in [2.75, 3.05) is 20.3 Å². The Morgan fingerprint density at radius 3 is 2.86 bits per heavy atom. The van der Waals surface area contributed by atoms with Gasteiger partial charge in [0.25, 0.3) is 5.89 Å². The molecular weight excluding hydrogens is 268 g/mol. The standard InChI is InChI=1S/C16H18N2O3/c1-19-14-8-11-4-2-3-10(11)7-13(14)16-17-15(18-21-16)12-5-6-20-9-12/h7-8,12H,2-6,9H2,1H3/t12-/m0/s1. The first kappa shape index (κ1) is 12.8. The highest BCUT2D eigenvalue weighted by Crippen LogP contribution is 2.36. The number of aryl methyl sites for hydroxylation is 2. The second kappa shape index (κ2) is 5.15. The van der Waals surface area contributed by atoms with Gasteiger partial charge in [0.15, 0.2) is 5.82 Å². The van der Waals surface area contributed by atoms with Gasteiger partial charge >= 0.3 is 0 Å². The first-order valence-corrected chi connectivity index (χ1v) is 7.46. The van der Waals surface area contributed by atoms with Crippen molar-refractivity contribution in [3.05, 3.63) is 29.1 Å². The van der Waals surface area contributed by atoms with E-state index in [2.05, 4.69) is 22.3 Å². The Bertz CT molecular complexity index is 660. The maximum Gasteiger partial charge on any atom is 0.261 e. The lowest BCUT2D eigenvalue weighted by Gasteiger charge is -2.08. The van der Waals surface area contributed by atoms with Crippen molar-refractivity contribution in [1.29, 1.82) is 0 Å². The van der Waals surface area contributed by atoms with Gasteiger partial charge in [-0.05, 0) is 48.9 Å². The molecule has 1 aliphatic carbocycles. The number of ether oxygens (including phenoxy) is 2. The van der Waals surface area contributed by atoms with E-state index in [0.717, 1.165) is 43.0 Å². The second-order valence-electron chi connectivity index (χ2n) is 5.69. The van der Waals surface area contributed by atoms with Gasteiger partial charge in [-0.3, -0.25) is 0 Å². The van der Waals surface area contributed by atoms with E-state index in [4.69, 9.17) is 14.0 Å². The summed E-state index contributed by atoms with van der Waals surface area (Å²) in [4.78, 5) is 4.56. The molecule has 0 bridgehead atoms. The summed E-state index contributed by atoms with van der Waals surface area (Å²) in [6.45, 7) is 1.46. The summed E-state index contributed by atoms with van der Waals surface area (Å²) in [5, 5.41) is 4.12. The summed E-state index contributed by atoms with van der Waals surface area (Å²) in [7, 11) is 1.68. The zero-order valence-electron chi connectivity index (χ0n) is 12.1. The molecule has 1 aliphatic heterocycles. The van der Waals surface area contributed by atoms with Crippen LogP contribution in [-0.2, 0) is 17.6 Å². The van der Waals surface area contributed by atoms with Crippen molar-refractivity contribution in [3.63, 3.8) is 0 Å². The Kier molecular flexibility index (Phi) is 3.15. The molecule has 5 heteroatoms. The van der Waals surface area contributed by atoms with E-state index in [0.29, 0.717) is 12.5 Å². The SMILES string of the molecule is COc1cc2c(cc1-c1nc([C@H]3CCOC3)no1)CCC2. The van der Waals surface area contributed by atoms with Gasteiger partial charge in [-0.2, -0.15) is 4.98 Å². The van der Waals surface area contributed by atoms with Crippen LogP contribution in [0.1, 0.15) is 35.7 Å². The van der Waals surface area contributed by atoms with Crippen molar-refractivity contribution in [1.82, 2.24) is 10.1 Å². The smallest absolute Gasteiger partial charge is 0.261 e. The summed E-state index contributed by atoms with van der Waals surface area (Å²) < 4.78 is 16.4. The van der Waals surface area contributed by atoms with E-state index in [1.807, 2.05) is 0 Å². The monoisotopic (exact) mass is 286 g/mol. The van der Waals surface area contributed by atoms with Crippen LogP contribution >= 0.6 is 0 Å². The lowest BCUT2D eigenvalue weighted by atomic mass is 10.0. The molecule has 1 aromatic heterocycles. The molecule has 0 radical (unpaired) electrons. The van der Waals surface area contributed by atoms with E-state index in [-0.39, 0.29) is 5.92 Å². The molecule has 1 fully saturated rings. The molecule has 0 saturated carbocycles. The van der Waals surface area contributed by atoms with Gasteiger partial charge in [0.1, 0.15) is 5.75 Å². The van der Waals surface area contributed by atoms with Crippen molar-refractivity contribution in [3.8, 4) is 17.2 Å². The van der Waals surface area contributed by atoms with Crippen LogP contribution in [-0.4, -0.2) is 30.5 Å². The average Bonchev–Trinajstić information content (AvgIpc) is 3.24. The topological polar surface area (TPSA) is 57.4 Å². The summed E-state index contributed by atoms with van der Waals surface area (Å²) in [6.07, 6.45) is 4.40. The van der Waals surface area contributed by atoms with Crippen molar-refractivity contribution >= 4 is 0 Å². The van der Waals surface area contributed by atoms with Gasteiger partial charge in [0.2, 0.25) is 0 Å². The van der Waals surface area contributed by atoms with Crippen LogP contribution in [0.15, 0.2) is 16.7 Å². The van der Waals surface area contributed by atoms with Crippen LogP contribution in [0.3, 0.4) is 0 Å². The lowest BCUT2D eigenvalue weighted by molar-refractivity contribution is 0.192. The van der Waals surface area contributed by atoms with Crippen molar-refractivity contribution in [2.24, 2.45) is 0 Å². The Hall–Kier alpha value is -1.88. The van der Waals surface area contributed by atoms with Crippen LogP contribution in [0.4, 0.5) is 0 Å². The number of benzene rings is 1. The highest BCUT2D eigenvalue weighted by atomic mass is 16.5. The largest absolute Gasteiger partial charge is 0.496 e. The molecule has 0 N–H and O–H groups in total. The van der Waals surface area contributed by atoms with Gasteiger partial charge in [-0.1, -0.05) is 5.16 Å². The van der Waals surface area contributed by atoms with Crippen molar-refractivity contribution in [2.45, 2.75) is 31.6 Å². The summed E-state index contributed by atoms with van der Waals surface area (Å²) in [5.41, 5.74) is 3.64. The molecule has 110 valence electrons. The molecular formula is C16H18N2O3. The third-order valence-corrected chi connectivity index (χ3v) is 4.38. The van der Waals surface area contributed by atoms with Gasteiger partial charge in [-0.25, -0.2) is 0 Å². The molecule has 2 aliphatic rings. The third-order valence-electron chi connectivity index (χ3n) is 4.38. The Morgan fingerprint density at radius 1 is 1.24 bits per heavy atom. The van der Waals surface area contributed by atoms with Crippen LogP contribution < -0.4 is 4.74 Å². The zero-order valence-corrected chi connectivity index (χ0v) is 12.1. The second-order valence-corrected chi connectivity index (χ2v) is 5.69. The molecule has 2 heterocycles. The minimum absolute atomic E-state index is 0.253. The number of nitrogens with zero attached hydrogens (tertiary/aromatic N) is 2. The molecule has 1 aromatic carbocycles. The summed E-state index contributed by atoms with van der Waals surface area (Å²) in [5.74, 6) is 2.35. The average molecular weight is 286 g/mol.